The van der Waals surface area contributed by atoms with Crippen LogP contribution >= 0.6 is 0 Å². The average molecular weight is 404 g/mol. The van der Waals surface area contributed by atoms with Gasteiger partial charge in [0.25, 0.3) is 0 Å². The topological polar surface area (TPSA) is 46.8 Å². The van der Waals surface area contributed by atoms with Crippen LogP contribution < -0.4 is 0 Å². The van der Waals surface area contributed by atoms with Gasteiger partial charge in [0.1, 0.15) is 0 Å². The number of ether oxygens (including phenoxy) is 1. The summed E-state index contributed by atoms with van der Waals surface area (Å²) < 4.78 is 8.03. The van der Waals surface area contributed by atoms with Crippen molar-refractivity contribution in [3.63, 3.8) is 0 Å². The van der Waals surface area contributed by atoms with Gasteiger partial charge in [-0.05, 0) is 37.0 Å². The fourth-order valence-corrected chi connectivity index (χ4v) is 5.31. The third-order valence-electron chi connectivity index (χ3n) is 6.83. The molecule has 2 fully saturated rings. The van der Waals surface area contributed by atoms with Crippen LogP contribution in [0.15, 0.2) is 61.1 Å². The first-order valence-electron chi connectivity index (χ1n) is 11.1. The lowest BCUT2D eigenvalue weighted by molar-refractivity contribution is -0.137. The van der Waals surface area contributed by atoms with E-state index in [0.29, 0.717) is 19.8 Å². The summed E-state index contributed by atoms with van der Waals surface area (Å²) in [6.45, 7) is 2.69. The van der Waals surface area contributed by atoms with Crippen molar-refractivity contribution in [2.75, 3.05) is 26.3 Å². The summed E-state index contributed by atoms with van der Waals surface area (Å²) >= 11 is 0. The highest BCUT2D eigenvalue weighted by atomic mass is 16.5. The maximum Gasteiger partial charge on any atom is 0.233 e. The van der Waals surface area contributed by atoms with E-state index in [1.54, 1.807) is 0 Å². The highest BCUT2D eigenvalue weighted by Crippen LogP contribution is 2.42. The van der Waals surface area contributed by atoms with Crippen molar-refractivity contribution in [1.29, 1.82) is 0 Å². The van der Waals surface area contributed by atoms with Gasteiger partial charge < -0.3 is 14.0 Å². The molecule has 1 aliphatic carbocycles. The van der Waals surface area contributed by atoms with Crippen LogP contribution in [-0.2, 0) is 21.4 Å². The standard InChI is InChI=1S/C25H29N3O2/c29-24(25(10-4-5-11-25)21-7-2-1-3-8-21)28-15-16-30-19-20(18-28)17-22-23-9-6-13-27(23)14-12-26-22/h1-3,6-9,12-14,20H,4-5,10-11,15-19H2/t20-/m0/s1. The smallest absolute Gasteiger partial charge is 0.233 e. The lowest BCUT2D eigenvalue weighted by Gasteiger charge is -2.35. The van der Waals surface area contributed by atoms with Gasteiger partial charge in [-0.15, -0.1) is 0 Å². The monoisotopic (exact) mass is 403 g/mol. The maximum atomic E-state index is 13.9. The number of aromatic nitrogens is 2. The molecule has 2 aromatic heterocycles. The summed E-state index contributed by atoms with van der Waals surface area (Å²) in [5.41, 5.74) is 3.02. The van der Waals surface area contributed by atoms with Crippen LogP contribution in [0.25, 0.3) is 5.52 Å². The summed E-state index contributed by atoms with van der Waals surface area (Å²) in [7, 11) is 0. The third-order valence-corrected chi connectivity index (χ3v) is 6.83. The Labute approximate surface area is 177 Å². The molecule has 1 saturated carbocycles. The van der Waals surface area contributed by atoms with Gasteiger partial charge in [0, 0.05) is 37.6 Å². The molecule has 1 saturated heterocycles. The normalized spacial score (nSPS) is 21.6. The van der Waals surface area contributed by atoms with E-state index in [9.17, 15) is 4.79 Å². The molecular formula is C25H29N3O2. The number of carbonyl (C=O) groups is 1. The molecule has 0 N–H and O–H groups in total. The van der Waals surface area contributed by atoms with E-state index >= 15 is 0 Å². The molecule has 5 rings (SSSR count). The molecule has 5 heteroatoms. The second kappa shape index (κ2) is 8.23. The fraction of sp³-hybridized carbons (Fsp3) is 0.440. The Hall–Kier alpha value is -2.66. The van der Waals surface area contributed by atoms with Crippen molar-refractivity contribution in [1.82, 2.24) is 14.3 Å². The first kappa shape index (κ1) is 19.3. The van der Waals surface area contributed by atoms with E-state index in [2.05, 4.69) is 44.6 Å². The molecule has 5 nitrogen and oxygen atoms in total. The fourth-order valence-electron chi connectivity index (χ4n) is 5.31. The zero-order chi connectivity index (χ0) is 20.4. The van der Waals surface area contributed by atoms with E-state index in [1.807, 2.05) is 30.7 Å². The van der Waals surface area contributed by atoms with Gasteiger partial charge in [0.15, 0.2) is 0 Å². The Balaban J connectivity index is 1.39. The Morgan fingerprint density at radius 1 is 1.10 bits per heavy atom. The first-order valence-corrected chi connectivity index (χ1v) is 11.1. The van der Waals surface area contributed by atoms with Gasteiger partial charge in [-0.1, -0.05) is 43.2 Å². The summed E-state index contributed by atoms with van der Waals surface area (Å²) in [5, 5.41) is 0. The molecule has 30 heavy (non-hydrogen) atoms. The van der Waals surface area contributed by atoms with Gasteiger partial charge in [-0.25, -0.2) is 0 Å². The number of fused-ring (bicyclic) bond motifs is 1. The van der Waals surface area contributed by atoms with Crippen molar-refractivity contribution in [3.05, 3.63) is 72.3 Å². The molecule has 1 aliphatic heterocycles. The molecule has 0 bridgehead atoms. The molecule has 2 aliphatic rings. The van der Waals surface area contributed by atoms with Crippen LogP contribution in [0.3, 0.4) is 0 Å². The predicted molar refractivity (Wildman–Crippen MR) is 116 cm³/mol. The third kappa shape index (κ3) is 3.52. The molecule has 3 aromatic rings. The Kier molecular flexibility index (Phi) is 5.30. The number of benzene rings is 1. The zero-order valence-electron chi connectivity index (χ0n) is 17.4. The molecule has 1 amide bonds. The largest absolute Gasteiger partial charge is 0.379 e. The second-order valence-corrected chi connectivity index (χ2v) is 8.73. The maximum absolute atomic E-state index is 13.9. The summed E-state index contributed by atoms with van der Waals surface area (Å²) in [5.74, 6) is 0.537. The molecule has 1 atom stereocenters. The molecule has 0 radical (unpaired) electrons. The number of rotatable bonds is 4. The van der Waals surface area contributed by atoms with E-state index in [1.165, 1.54) is 5.56 Å². The Bertz CT molecular complexity index is 1010. The molecular weight excluding hydrogens is 374 g/mol. The minimum atomic E-state index is -0.365. The number of hydrogen-bond acceptors (Lipinski definition) is 3. The number of hydrogen-bond donors (Lipinski definition) is 0. The number of amides is 1. The van der Waals surface area contributed by atoms with Gasteiger partial charge in [-0.3, -0.25) is 9.78 Å². The van der Waals surface area contributed by atoms with Crippen LogP contribution in [0.4, 0.5) is 0 Å². The van der Waals surface area contributed by atoms with Crippen molar-refractivity contribution < 1.29 is 9.53 Å². The zero-order valence-corrected chi connectivity index (χ0v) is 17.4. The second-order valence-electron chi connectivity index (χ2n) is 8.73. The summed E-state index contributed by atoms with van der Waals surface area (Å²) in [4.78, 5) is 20.6. The number of nitrogens with zero attached hydrogens (tertiary/aromatic N) is 3. The van der Waals surface area contributed by atoms with Crippen molar-refractivity contribution >= 4 is 11.4 Å². The molecule has 1 aromatic carbocycles. The lowest BCUT2D eigenvalue weighted by Crippen LogP contribution is -2.47. The Morgan fingerprint density at radius 2 is 1.93 bits per heavy atom. The predicted octanol–water partition coefficient (Wildman–Crippen LogP) is 3.86. The summed E-state index contributed by atoms with van der Waals surface area (Å²) in [6.07, 6.45) is 10.8. The summed E-state index contributed by atoms with van der Waals surface area (Å²) in [6, 6.07) is 14.6. The van der Waals surface area contributed by atoms with Crippen molar-refractivity contribution in [2.24, 2.45) is 5.92 Å². The molecule has 0 spiro atoms. The van der Waals surface area contributed by atoms with Gasteiger partial charge in [-0.2, -0.15) is 0 Å². The van der Waals surface area contributed by atoms with E-state index in [0.717, 1.165) is 49.9 Å². The first-order chi connectivity index (χ1) is 14.8. The molecule has 156 valence electrons. The van der Waals surface area contributed by atoms with Crippen LogP contribution in [0.2, 0.25) is 0 Å². The van der Waals surface area contributed by atoms with E-state index in [4.69, 9.17) is 4.74 Å². The Morgan fingerprint density at radius 3 is 2.77 bits per heavy atom. The SMILES string of the molecule is O=C(N1CCOC[C@@H](Cc2nccn3cccc23)C1)C1(c2ccccc2)CCCC1. The van der Waals surface area contributed by atoms with E-state index < -0.39 is 0 Å². The van der Waals surface area contributed by atoms with Crippen LogP contribution in [-0.4, -0.2) is 46.5 Å². The van der Waals surface area contributed by atoms with Crippen LogP contribution in [0.5, 0.6) is 0 Å². The quantitative estimate of drug-likeness (QED) is 0.665. The van der Waals surface area contributed by atoms with Crippen molar-refractivity contribution in [3.8, 4) is 0 Å². The van der Waals surface area contributed by atoms with Crippen molar-refractivity contribution in [2.45, 2.75) is 37.5 Å². The minimum Gasteiger partial charge on any atom is -0.379 e. The van der Waals surface area contributed by atoms with E-state index in [-0.39, 0.29) is 17.2 Å². The average Bonchev–Trinajstić information content (AvgIpc) is 3.41. The highest BCUT2D eigenvalue weighted by molar-refractivity contribution is 5.88. The van der Waals surface area contributed by atoms with Crippen LogP contribution in [0.1, 0.15) is 36.9 Å². The highest BCUT2D eigenvalue weighted by Gasteiger charge is 2.45. The van der Waals surface area contributed by atoms with Gasteiger partial charge in [0.05, 0.1) is 29.8 Å². The van der Waals surface area contributed by atoms with Gasteiger partial charge in [0.2, 0.25) is 5.91 Å². The van der Waals surface area contributed by atoms with Gasteiger partial charge >= 0.3 is 0 Å². The minimum absolute atomic E-state index is 0.249. The van der Waals surface area contributed by atoms with Crippen LogP contribution in [0, 0.1) is 5.92 Å². The lowest BCUT2D eigenvalue weighted by atomic mass is 9.77. The number of carbonyl (C=O) groups excluding carboxylic acids is 1. The molecule has 0 unspecified atom stereocenters. The molecule has 3 heterocycles.